The molecule has 1 fully saturated rings. The maximum absolute atomic E-state index is 10.8. The van der Waals surface area contributed by atoms with Crippen molar-refractivity contribution in [1.29, 1.82) is 0 Å². The Morgan fingerprint density at radius 2 is 2.16 bits per heavy atom. The second-order valence-electron chi connectivity index (χ2n) is 6.53. The van der Waals surface area contributed by atoms with Gasteiger partial charge in [-0.2, -0.15) is 0 Å². The van der Waals surface area contributed by atoms with E-state index in [0.29, 0.717) is 11.3 Å². The molecule has 1 aromatic heterocycles. The molecule has 0 radical (unpaired) electrons. The van der Waals surface area contributed by atoms with Gasteiger partial charge in [0.15, 0.2) is 0 Å². The topological polar surface area (TPSA) is 53.7 Å². The fraction of sp³-hybridized carbons (Fsp3) is 0.667. The van der Waals surface area contributed by atoms with Crippen molar-refractivity contribution in [2.24, 2.45) is 11.3 Å². The van der Waals surface area contributed by atoms with E-state index >= 15 is 0 Å². The summed E-state index contributed by atoms with van der Waals surface area (Å²) in [6.45, 7) is 11.0. The lowest BCUT2D eigenvalue weighted by Crippen LogP contribution is -2.28. The van der Waals surface area contributed by atoms with Crippen molar-refractivity contribution in [2.45, 2.75) is 40.2 Å². The van der Waals surface area contributed by atoms with E-state index in [4.69, 9.17) is 9.52 Å². The molecule has 1 aliphatic heterocycles. The van der Waals surface area contributed by atoms with Crippen LogP contribution in [0.25, 0.3) is 0 Å². The fourth-order valence-corrected chi connectivity index (χ4v) is 2.72. The molecule has 1 aliphatic rings. The molecule has 2 heterocycles. The summed E-state index contributed by atoms with van der Waals surface area (Å²) in [6.07, 6.45) is 1.19. The third-order valence-corrected chi connectivity index (χ3v) is 4.24. The number of hydrogen-bond acceptors (Lipinski definition) is 3. The lowest BCUT2D eigenvalue weighted by Gasteiger charge is -2.28. The first-order valence-corrected chi connectivity index (χ1v) is 6.86. The molecule has 0 bridgehead atoms. The third kappa shape index (κ3) is 3.00. The maximum atomic E-state index is 10.8. The number of carbonyl (C=O) groups is 1. The Morgan fingerprint density at radius 1 is 1.47 bits per heavy atom. The largest absolute Gasteiger partial charge is 0.475 e. The Bertz CT molecular complexity index is 458. The molecule has 4 nitrogen and oxygen atoms in total. The van der Waals surface area contributed by atoms with Crippen molar-refractivity contribution >= 4 is 5.97 Å². The number of likely N-dealkylation sites (tertiary alicyclic amines) is 1. The summed E-state index contributed by atoms with van der Waals surface area (Å²) in [5.41, 5.74) is 0.323. The highest BCUT2D eigenvalue weighted by molar-refractivity contribution is 5.84. The second kappa shape index (κ2) is 5.00. The van der Waals surface area contributed by atoms with Crippen molar-refractivity contribution in [3.63, 3.8) is 0 Å². The van der Waals surface area contributed by atoms with Gasteiger partial charge < -0.3 is 9.52 Å². The Kier molecular flexibility index (Phi) is 3.72. The average Bonchev–Trinajstić information content (AvgIpc) is 2.97. The minimum atomic E-state index is -1.01. The van der Waals surface area contributed by atoms with E-state index < -0.39 is 5.97 Å². The smallest absolute Gasteiger partial charge is 0.371 e. The Balaban J connectivity index is 2.04. The number of carboxylic acids is 1. The number of aromatic carboxylic acids is 1. The minimum absolute atomic E-state index is 0.0217. The Morgan fingerprint density at radius 3 is 2.63 bits per heavy atom. The van der Waals surface area contributed by atoms with E-state index in [1.54, 1.807) is 6.07 Å². The van der Waals surface area contributed by atoms with Crippen LogP contribution in [-0.4, -0.2) is 29.1 Å². The van der Waals surface area contributed by atoms with Gasteiger partial charge in [-0.05, 0) is 43.4 Å². The molecular formula is C15H23NO3. The van der Waals surface area contributed by atoms with Crippen molar-refractivity contribution in [3.8, 4) is 0 Å². The average molecular weight is 265 g/mol. The van der Waals surface area contributed by atoms with Gasteiger partial charge in [0, 0.05) is 6.54 Å². The van der Waals surface area contributed by atoms with E-state index in [-0.39, 0.29) is 11.8 Å². The normalized spacial score (nSPS) is 22.6. The second-order valence-corrected chi connectivity index (χ2v) is 6.53. The molecule has 2 unspecified atom stereocenters. The van der Waals surface area contributed by atoms with Gasteiger partial charge in [-0.15, -0.1) is 0 Å². The Labute approximate surface area is 114 Å². The number of furan rings is 1. The molecule has 1 aromatic rings. The van der Waals surface area contributed by atoms with Gasteiger partial charge in [0.1, 0.15) is 5.76 Å². The lowest BCUT2D eigenvalue weighted by molar-refractivity contribution is 0.0656. The van der Waals surface area contributed by atoms with E-state index in [1.165, 1.54) is 12.5 Å². The number of nitrogens with zero attached hydrogens (tertiary/aromatic N) is 1. The highest BCUT2D eigenvalue weighted by Gasteiger charge is 2.34. The van der Waals surface area contributed by atoms with Crippen molar-refractivity contribution < 1.29 is 14.3 Å². The van der Waals surface area contributed by atoms with Gasteiger partial charge in [0.25, 0.3) is 0 Å². The van der Waals surface area contributed by atoms with Gasteiger partial charge in [-0.25, -0.2) is 4.79 Å². The van der Waals surface area contributed by atoms with Crippen molar-refractivity contribution in [2.75, 3.05) is 13.1 Å². The van der Waals surface area contributed by atoms with E-state index in [1.807, 2.05) is 0 Å². The van der Waals surface area contributed by atoms with Gasteiger partial charge in [0.05, 0.1) is 6.04 Å². The van der Waals surface area contributed by atoms with Crippen LogP contribution in [-0.2, 0) is 0 Å². The number of carboxylic acid groups (broad SMARTS) is 1. The molecular weight excluding hydrogens is 242 g/mol. The van der Waals surface area contributed by atoms with Gasteiger partial charge >= 0.3 is 5.97 Å². The SMILES string of the molecule is CC(c1ccc(C(=O)O)o1)N1CCC(C(C)(C)C)C1. The highest BCUT2D eigenvalue weighted by Crippen LogP contribution is 2.37. The van der Waals surface area contributed by atoms with E-state index in [0.717, 1.165) is 18.8 Å². The monoisotopic (exact) mass is 265 g/mol. The molecule has 4 heteroatoms. The zero-order valence-corrected chi connectivity index (χ0v) is 12.1. The maximum Gasteiger partial charge on any atom is 0.371 e. The van der Waals surface area contributed by atoms with Crippen LogP contribution in [0.5, 0.6) is 0 Å². The minimum Gasteiger partial charge on any atom is -0.475 e. The molecule has 0 saturated carbocycles. The molecule has 2 rings (SSSR count). The molecule has 0 spiro atoms. The van der Waals surface area contributed by atoms with Gasteiger partial charge in [-0.1, -0.05) is 20.8 Å². The van der Waals surface area contributed by atoms with Crippen molar-refractivity contribution in [3.05, 3.63) is 23.7 Å². The molecule has 106 valence electrons. The predicted octanol–water partition coefficient (Wildman–Crippen LogP) is 3.41. The van der Waals surface area contributed by atoms with Crippen LogP contribution in [0.3, 0.4) is 0 Å². The molecule has 0 aliphatic carbocycles. The predicted molar refractivity (Wildman–Crippen MR) is 73.2 cm³/mol. The third-order valence-electron chi connectivity index (χ3n) is 4.24. The van der Waals surface area contributed by atoms with Crippen LogP contribution < -0.4 is 0 Å². The molecule has 0 amide bonds. The molecule has 2 atom stereocenters. The summed E-state index contributed by atoms with van der Waals surface area (Å²) < 4.78 is 5.40. The molecule has 1 saturated heterocycles. The van der Waals surface area contributed by atoms with Crippen LogP contribution in [0.2, 0.25) is 0 Å². The summed E-state index contributed by atoms with van der Waals surface area (Å²) in [6, 6.07) is 3.45. The van der Waals surface area contributed by atoms with Crippen molar-refractivity contribution in [1.82, 2.24) is 4.90 Å². The zero-order chi connectivity index (χ0) is 14.2. The standard InChI is InChI=1S/C15H23NO3/c1-10(12-5-6-13(19-12)14(17)18)16-8-7-11(9-16)15(2,3)4/h5-6,10-11H,7-9H2,1-4H3,(H,17,18). The summed E-state index contributed by atoms with van der Waals surface area (Å²) in [4.78, 5) is 13.2. The van der Waals surface area contributed by atoms with E-state index in [9.17, 15) is 4.79 Å². The van der Waals surface area contributed by atoms with Gasteiger partial charge in [-0.3, -0.25) is 4.90 Å². The zero-order valence-electron chi connectivity index (χ0n) is 12.1. The number of rotatable bonds is 3. The van der Waals surface area contributed by atoms with E-state index in [2.05, 4.69) is 32.6 Å². The van der Waals surface area contributed by atoms with Crippen LogP contribution in [0.15, 0.2) is 16.5 Å². The summed E-state index contributed by atoms with van der Waals surface area (Å²) in [7, 11) is 0. The summed E-state index contributed by atoms with van der Waals surface area (Å²) in [5.74, 6) is 0.441. The molecule has 19 heavy (non-hydrogen) atoms. The fourth-order valence-electron chi connectivity index (χ4n) is 2.72. The van der Waals surface area contributed by atoms with Crippen LogP contribution in [0.4, 0.5) is 0 Å². The summed E-state index contributed by atoms with van der Waals surface area (Å²) >= 11 is 0. The Hall–Kier alpha value is -1.29. The number of hydrogen-bond donors (Lipinski definition) is 1. The van der Waals surface area contributed by atoms with Gasteiger partial charge in [0.2, 0.25) is 5.76 Å². The van der Waals surface area contributed by atoms with Crippen LogP contribution in [0, 0.1) is 11.3 Å². The molecule has 1 N–H and O–H groups in total. The van der Waals surface area contributed by atoms with Crippen LogP contribution >= 0.6 is 0 Å². The first-order chi connectivity index (χ1) is 8.79. The first-order valence-electron chi connectivity index (χ1n) is 6.86. The van der Waals surface area contributed by atoms with Crippen LogP contribution in [0.1, 0.15) is 56.5 Å². The highest BCUT2D eigenvalue weighted by atomic mass is 16.4. The first kappa shape index (κ1) is 14.1. The molecule has 0 aromatic carbocycles. The summed E-state index contributed by atoms with van der Waals surface area (Å²) in [5, 5.41) is 8.89. The quantitative estimate of drug-likeness (QED) is 0.910. The lowest BCUT2D eigenvalue weighted by atomic mass is 9.80.